The van der Waals surface area contributed by atoms with Crippen molar-refractivity contribution in [2.45, 2.75) is 31.7 Å². The van der Waals surface area contributed by atoms with Gasteiger partial charge in [0.15, 0.2) is 11.6 Å². The third kappa shape index (κ3) is 4.93. The van der Waals surface area contributed by atoms with Gasteiger partial charge in [0.25, 0.3) is 0 Å². The summed E-state index contributed by atoms with van der Waals surface area (Å²) in [6.07, 6.45) is 5.34. The van der Waals surface area contributed by atoms with E-state index in [1.165, 1.54) is 12.4 Å². The number of carbonyl (C=O) groups excluding carboxylic acids is 1. The van der Waals surface area contributed by atoms with Crippen LogP contribution < -0.4 is 10.2 Å². The van der Waals surface area contributed by atoms with E-state index in [4.69, 9.17) is 4.98 Å². The molecule has 0 radical (unpaired) electrons. The zero-order chi connectivity index (χ0) is 25.2. The maximum atomic E-state index is 13.9. The number of likely N-dealkylation sites (N-methyl/N-ethyl adjacent to an activating group) is 1. The van der Waals surface area contributed by atoms with Gasteiger partial charge >= 0.3 is 0 Å². The summed E-state index contributed by atoms with van der Waals surface area (Å²) < 4.78 is 29.5. The van der Waals surface area contributed by atoms with Crippen molar-refractivity contribution in [1.82, 2.24) is 24.4 Å². The van der Waals surface area contributed by atoms with E-state index in [1.54, 1.807) is 6.07 Å². The number of nitrogens with zero attached hydrogens (tertiary/aromatic N) is 6. The maximum absolute atomic E-state index is 13.9. The summed E-state index contributed by atoms with van der Waals surface area (Å²) in [7, 11) is 1.95. The molecule has 190 valence electrons. The Bertz CT molecular complexity index is 1260. The fourth-order valence-corrected chi connectivity index (χ4v) is 4.92. The second-order valence-electron chi connectivity index (χ2n) is 9.34. The minimum Gasteiger partial charge on any atom is -0.395 e. The Labute approximate surface area is 207 Å². The van der Waals surface area contributed by atoms with Gasteiger partial charge in [-0.15, -0.1) is 0 Å². The summed E-state index contributed by atoms with van der Waals surface area (Å²) in [4.78, 5) is 29.6. The Kier molecular flexibility index (Phi) is 6.92. The predicted molar refractivity (Wildman–Crippen MR) is 131 cm³/mol. The second-order valence-corrected chi connectivity index (χ2v) is 9.34. The lowest BCUT2D eigenvalue weighted by Crippen LogP contribution is -2.35. The van der Waals surface area contributed by atoms with Crippen molar-refractivity contribution in [2.75, 3.05) is 50.1 Å². The molecule has 0 aliphatic carbocycles. The van der Waals surface area contributed by atoms with Crippen LogP contribution >= 0.6 is 0 Å². The van der Waals surface area contributed by atoms with E-state index in [0.29, 0.717) is 36.7 Å². The van der Waals surface area contributed by atoms with Crippen molar-refractivity contribution in [3.63, 3.8) is 0 Å². The number of hydrogen-bond acceptors (Lipinski definition) is 7. The van der Waals surface area contributed by atoms with Crippen molar-refractivity contribution in [3.05, 3.63) is 53.7 Å². The monoisotopic (exact) mass is 497 g/mol. The summed E-state index contributed by atoms with van der Waals surface area (Å²) in [5.74, 6) is 0.628. The summed E-state index contributed by atoms with van der Waals surface area (Å²) in [5, 5.41) is 12.0. The molecule has 4 heterocycles. The van der Waals surface area contributed by atoms with Crippen LogP contribution in [0.25, 0.3) is 11.3 Å². The molecule has 3 aromatic rings. The number of imidazole rings is 1. The molecule has 0 atom stereocenters. The molecule has 2 aromatic heterocycles. The Morgan fingerprint density at radius 3 is 2.72 bits per heavy atom. The summed E-state index contributed by atoms with van der Waals surface area (Å²) in [6.45, 7) is 3.53. The number of amides is 1. The molecule has 0 bridgehead atoms. The largest absolute Gasteiger partial charge is 0.395 e. The highest BCUT2D eigenvalue weighted by molar-refractivity contribution is 5.99. The van der Waals surface area contributed by atoms with Gasteiger partial charge in [-0.2, -0.15) is 0 Å². The van der Waals surface area contributed by atoms with Gasteiger partial charge in [-0.05, 0) is 38.1 Å². The molecule has 1 saturated heterocycles. The number of halogens is 2. The van der Waals surface area contributed by atoms with Crippen molar-refractivity contribution >= 4 is 17.5 Å². The lowest BCUT2D eigenvalue weighted by molar-refractivity contribution is -0.115. The second kappa shape index (κ2) is 10.3. The number of benzene rings is 1. The number of aliphatic hydroxyl groups is 1. The van der Waals surface area contributed by atoms with Crippen LogP contribution in [0.1, 0.15) is 30.1 Å². The van der Waals surface area contributed by atoms with Gasteiger partial charge in [-0.25, -0.2) is 23.7 Å². The van der Waals surface area contributed by atoms with Crippen LogP contribution in [0.15, 0.2) is 30.7 Å². The van der Waals surface area contributed by atoms with Crippen molar-refractivity contribution in [3.8, 4) is 11.3 Å². The minimum absolute atomic E-state index is 0.0698. The number of aromatic nitrogens is 4. The Morgan fingerprint density at radius 2 is 1.97 bits per heavy atom. The number of carbonyl (C=O) groups is 1. The van der Waals surface area contributed by atoms with Crippen LogP contribution in [0.4, 0.5) is 20.4 Å². The van der Waals surface area contributed by atoms with E-state index >= 15 is 0 Å². The molecule has 2 aliphatic rings. The van der Waals surface area contributed by atoms with Crippen LogP contribution in [0.2, 0.25) is 0 Å². The average Bonchev–Trinajstić information content (AvgIpc) is 3.47. The molecule has 1 aromatic carbocycles. The molecule has 0 spiro atoms. The third-order valence-electron chi connectivity index (χ3n) is 6.90. The van der Waals surface area contributed by atoms with Crippen molar-refractivity contribution in [2.24, 2.45) is 0 Å². The van der Waals surface area contributed by atoms with Gasteiger partial charge in [0.05, 0.1) is 18.7 Å². The molecule has 0 saturated carbocycles. The van der Waals surface area contributed by atoms with Crippen LogP contribution in [-0.4, -0.2) is 75.3 Å². The van der Waals surface area contributed by atoms with E-state index in [-0.39, 0.29) is 24.9 Å². The van der Waals surface area contributed by atoms with E-state index in [1.807, 2.05) is 18.1 Å². The smallest absolute Gasteiger partial charge is 0.230 e. The Morgan fingerprint density at radius 1 is 1.17 bits per heavy atom. The fraction of sp³-hybridized carbons (Fsp3) is 0.440. The first-order chi connectivity index (χ1) is 17.4. The molecular weight excluding hydrogens is 468 g/mol. The number of piperidine rings is 1. The SMILES string of the molecule is CN(CCO)CCn1cc(-c2ccc(F)c(F)c2)nc1C1CCN(c2ncnc3c2CC(=O)N3)CC1. The number of nitrogens with one attached hydrogen (secondary N) is 1. The average molecular weight is 498 g/mol. The summed E-state index contributed by atoms with van der Waals surface area (Å²) in [6, 6.07) is 3.84. The van der Waals surface area contributed by atoms with Gasteiger partial charge in [-0.1, -0.05) is 0 Å². The van der Waals surface area contributed by atoms with E-state index in [9.17, 15) is 18.7 Å². The van der Waals surface area contributed by atoms with Crippen LogP contribution in [0, 0.1) is 11.6 Å². The molecule has 9 nitrogen and oxygen atoms in total. The number of hydrogen-bond donors (Lipinski definition) is 2. The van der Waals surface area contributed by atoms with Crippen LogP contribution in [0.3, 0.4) is 0 Å². The lowest BCUT2D eigenvalue weighted by atomic mass is 9.95. The van der Waals surface area contributed by atoms with Gasteiger partial charge in [0.1, 0.15) is 23.8 Å². The molecule has 11 heteroatoms. The van der Waals surface area contributed by atoms with Gasteiger partial charge < -0.3 is 24.8 Å². The van der Waals surface area contributed by atoms with Gasteiger partial charge in [-0.3, -0.25) is 4.79 Å². The topological polar surface area (TPSA) is 99.4 Å². The zero-order valence-corrected chi connectivity index (χ0v) is 20.1. The first kappa shape index (κ1) is 24.3. The molecule has 36 heavy (non-hydrogen) atoms. The van der Waals surface area contributed by atoms with Crippen LogP contribution in [0.5, 0.6) is 0 Å². The molecular formula is C25H29F2N7O2. The van der Waals surface area contributed by atoms with Crippen molar-refractivity contribution < 1.29 is 18.7 Å². The van der Waals surface area contributed by atoms with Gasteiger partial charge in [0.2, 0.25) is 5.91 Å². The summed E-state index contributed by atoms with van der Waals surface area (Å²) in [5.41, 5.74) is 1.98. The van der Waals surface area contributed by atoms with E-state index in [2.05, 4.69) is 24.8 Å². The number of aliphatic hydroxyl groups excluding tert-OH is 1. The van der Waals surface area contributed by atoms with E-state index in [0.717, 1.165) is 49.2 Å². The normalized spacial score (nSPS) is 16.0. The number of fused-ring (bicyclic) bond motifs is 1. The highest BCUT2D eigenvalue weighted by Crippen LogP contribution is 2.35. The predicted octanol–water partition coefficient (Wildman–Crippen LogP) is 2.42. The maximum Gasteiger partial charge on any atom is 0.230 e. The van der Waals surface area contributed by atoms with Crippen molar-refractivity contribution in [1.29, 1.82) is 0 Å². The molecule has 1 amide bonds. The van der Waals surface area contributed by atoms with Crippen LogP contribution in [-0.2, 0) is 17.8 Å². The first-order valence-corrected chi connectivity index (χ1v) is 12.1. The minimum atomic E-state index is -0.898. The fourth-order valence-electron chi connectivity index (χ4n) is 4.92. The molecule has 2 N–H and O–H groups in total. The zero-order valence-electron chi connectivity index (χ0n) is 20.1. The molecule has 0 unspecified atom stereocenters. The molecule has 2 aliphatic heterocycles. The number of rotatable bonds is 8. The standard InChI is InChI=1S/C25H29F2N7O2/c1-32(10-11-35)8-9-34-14-21(17-2-3-19(26)20(27)12-17)30-24(34)16-4-6-33(7-5-16)25-18-13-22(36)31-23(18)28-15-29-25/h2-3,12,14-16,35H,4-11,13H2,1H3,(H,28,29,31,36). The number of anilines is 2. The quantitative estimate of drug-likeness (QED) is 0.493. The first-order valence-electron chi connectivity index (χ1n) is 12.1. The Hall–Kier alpha value is -3.44. The highest BCUT2D eigenvalue weighted by atomic mass is 19.2. The Balaban J connectivity index is 1.36. The van der Waals surface area contributed by atoms with E-state index < -0.39 is 11.6 Å². The third-order valence-corrected chi connectivity index (χ3v) is 6.90. The lowest BCUT2D eigenvalue weighted by Gasteiger charge is -2.33. The molecule has 5 rings (SSSR count). The van der Waals surface area contributed by atoms with Gasteiger partial charge in [0, 0.05) is 56.0 Å². The summed E-state index contributed by atoms with van der Waals surface area (Å²) >= 11 is 0. The molecule has 1 fully saturated rings. The highest BCUT2D eigenvalue weighted by Gasteiger charge is 2.30.